The van der Waals surface area contributed by atoms with Gasteiger partial charge in [0.2, 0.25) is 0 Å². The molecule has 0 heterocycles. The summed E-state index contributed by atoms with van der Waals surface area (Å²) in [5.41, 5.74) is 16.8. The number of hydrogen-bond acceptors (Lipinski definition) is 27. The zero-order valence-electron chi connectivity index (χ0n) is 34.6. The van der Waals surface area contributed by atoms with E-state index in [0.29, 0.717) is 28.8 Å². The van der Waals surface area contributed by atoms with E-state index in [-0.39, 0.29) is 50.9 Å². The summed E-state index contributed by atoms with van der Waals surface area (Å²) in [6.07, 6.45) is 0. The third-order valence-electron chi connectivity index (χ3n) is 8.97. The minimum Gasteiger partial charge on any atom is -0.505 e. The molecule has 28 nitrogen and oxygen atoms in total. The molecule has 0 bridgehead atoms. The maximum absolute atomic E-state index is 13.2. The summed E-state index contributed by atoms with van der Waals surface area (Å²) in [6, 6.07) is 19.4. The van der Waals surface area contributed by atoms with Crippen molar-refractivity contribution >= 4 is 132 Å². The highest BCUT2D eigenvalue weighted by Crippen LogP contribution is 2.50. The molecule has 6 aromatic rings. The van der Waals surface area contributed by atoms with Gasteiger partial charge >= 0.3 is 0 Å². The number of hydrogen-bond donors (Lipinski definition) is 9. The Bertz CT molecular complexity index is 3500. The van der Waals surface area contributed by atoms with Gasteiger partial charge in [0.15, 0.2) is 27.9 Å². The summed E-state index contributed by atoms with van der Waals surface area (Å²) in [7, 11) is -18.9. The van der Waals surface area contributed by atoms with Gasteiger partial charge in [0.25, 0.3) is 30.3 Å². The van der Waals surface area contributed by atoms with Gasteiger partial charge in [0, 0.05) is 11.4 Å². The first-order valence-electron chi connectivity index (χ1n) is 18.5. The van der Waals surface area contributed by atoms with Gasteiger partial charge in [0.1, 0.15) is 32.5 Å². The van der Waals surface area contributed by atoms with E-state index in [9.17, 15) is 47.9 Å². The van der Waals surface area contributed by atoms with E-state index < -0.39 is 101 Å². The molecule has 0 radical (unpaired) electrons. The van der Waals surface area contributed by atoms with Crippen LogP contribution in [-0.4, -0.2) is 70.8 Å². The lowest BCUT2D eigenvalue weighted by molar-refractivity contribution is -0.434. The van der Waals surface area contributed by atoms with Crippen LogP contribution in [-0.2, 0) is 63.0 Å². The average molecular weight is 1090 g/mol. The number of aromatic hydroxyl groups is 1. The van der Waals surface area contributed by atoms with Crippen LogP contribution in [0.1, 0.15) is 0 Å². The zero-order chi connectivity index (χ0) is 51.0. The fourth-order valence-corrected chi connectivity index (χ4v) is 10.2. The molecular formula is C36H32N10O18S6. The van der Waals surface area contributed by atoms with Crippen molar-refractivity contribution in [3.63, 3.8) is 0 Å². The number of rotatable bonds is 21. The van der Waals surface area contributed by atoms with Crippen LogP contribution in [0, 0.1) is 0 Å². The second kappa shape index (κ2) is 22.1. The van der Waals surface area contributed by atoms with Crippen LogP contribution in [0.2, 0.25) is 0 Å². The number of benzene rings is 6. The average Bonchev–Trinajstić information content (AvgIpc) is 3.29. The molecule has 370 valence electrons. The van der Waals surface area contributed by atoms with Gasteiger partial charge in [-0.2, -0.15) is 27.1 Å². The number of phenolic OH excluding ortho intramolecular Hbond substituents is 1. The summed E-state index contributed by atoms with van der Waals surface area (Å²) in [4.78, 5) is -3.23. The fourth-order valence-electron chi connectivity index (χ4n) is 5.82. The Kier molecular flexibility index (Phi) is 16.7. The number of nitrogens with one attached hydrogen (secondary N) is 1. The maximum Gasteiger partial charge on any atom is 0.296 e. The van der Waals surface area contributed by atoms with Gasteiger partial charge in [-0.3, -0.25) is 18.0 Å². The number of azo groups is 3. The Morgan fingerprint density at radius 2 is 1.20 bits per heavy atom. The number of fused-ring (bicyclic) bond motifs is 1. The van der Waals surface area contributed by atoms with E-state index in [1.807, 2.05) is 0 Å². The molecule has 34 heteroatoms. The van der Waals surface area contributed by atoms with E-state index in [1.54, 1.807) is 12.1 Å². The second-order valence-corrected chi connectivity index (χ2v) is 21.4. The minimum absolute atomic E-state index is 0.0636. The SMILES string of the molecule is Nc1ccc(/N=N/c2ccc(NS(=O)(=O)c3ccc(/N=N/c4c(S(=O)(=O)O)cc5cc(SOOO)c(/N=N/c6ccc(S(=O)(=O)CCOSOOO)cc6S(=O)(=O)O)c(O)c5c4N)cc3)cc2)c(N)c1. The molecule has 0 fully saturated rings. The maximum atomic E-state index is 13.2. The van der Waals surface area contributed by atoms with Crippen molar-refractivity contribution in [1.82, 2.24) is 0 Å². The molecule has 0 unspecified atom stereocenters. The summed E-state index contributed by atoms with van der Waals surface area (Å²) < 4.78 is 138. The van der Waals surface area contributed by atoms with Crippen molar-refractivity contribution in [2.45, 2.75) is 24.5 Å². The lowest BCUT2D eigenvalue weighted by atomic mass is 10.1. The lowest BCUT2D eigenvalue weighted by Crippen LogP contribution is -2.12. The van der Waals surface area contributed by atoms with Gasteiger partial charge < -0.3 is 22.3 Å². The molecule has 0 aliphatic heterocycles. The highest BCUT2D eigenvalue weighted by molar-refractivity contribution is 7.94. The van der Waals surface area contributed by atoms with E-state index in [0.717, 1.165) is 36.4 Å². The highest BCUT2D eigenvalue weighted by atomic mass is 32.2. The Morgan fingerprint density at radius 1 is 0.614 bits per heavy atom. The summed E-state index contributed by atoms with van der Waals surface area (Å²) >= 11 is 0.226. The summed E-state index contributed by atoms with van der Waals surface area (Å²) in [5.74, 6) is -1.69. The van der Waals surface area contributed by atoms with Crippen molar-refractivity contribution in [2.75, 3.05) is 34.3 Å². The van der Waals surface area contributed by atoms with Crippen molar-refractivity contribution in [3.05, 3.63) is 97.1 Å². The Labute approximate surface area is 403 Å². The zero-order valence-corrected chi connectivity index (χ0v) is 39.5. The van der Waals surface area contributed by atoms with Crippen molar-refractivity contribution in [3.8, 4) is 5.75 Å². The summed E-state index contributed by atoms with van der Waals surface area (Å²) in [6.45, 7) is -0.547. The predicted molar refractivity (Wildman–Crippen MR) is 249 cm³/mol. The molecule has 6 aromatic carbocycles. The molecule has 0 amide bonds. The Morgan fingerprint density at radius 3 is 1.83 bits per heavy atom. The van der Waals surface area contributed by atoms with Crippen LogP contribution in [0.4, 0.5) is 56.9 Å². The summed E-state index contributed by atoms with van der Waals surface area (Å²) in [5, 5.41) is 58.3. The van der Waals surface area contributed by atoms with E-state index in [2.05, 4.69) is 54.2 Å². The monoisotopic (exact) mass is 1080 g/mol. The van der Waals surface area contributed by atoms with Gasteiger partial charge in [-0.15, -0.1) is 29.1 Å². The molecule has 0 aromatic heterocycles. The van der Waals surface area contributed by atoms with Gasteiger partial charge in [-0.25, -0.2) is 27.4 Å². The molecular weight excluding hydrogens is 1050 g/mol. The largest absolute Gasteiger partial charge is 0.505 e. The molecule has 0 saturated heterocycles. The fraction of sp³-hybridized carbons (Fsp3) is 0.0556. The topological polar surface area (TPSA) is 448 Å². The van der Waals surface area contributed by atoms with E-state index in [1.165, 1.54) is 42.5 Å². The van der Waals surface area contributed by atoms with Crippen molar-refractivity contribution < 1.29 is 81.3 Å². The van der Waals surface area contributed by atoms with Crippen LogP contribution in [0.25, 0.3) is 10.8 Å². The first-order chi connectivity index (χ1) is 33.0. The second-order valence-electron chi connectivity index (χ2n) is 13.5. The number of phenols is 1. The number of nitrogens with two attached hydrogens (primary N) is 3. The number of nitrogen functional groups attached to an aromatic ring is 3. The molecule has 0 aliphatic rings. The first-order valence-corrected chi connectivity index (χ1v) is 25.9. The van der Waals surface area contributed by atoms with Gasteiger partial charge in [0.05, 0.1) is 67.2 Å². The van der Waals surface area contributed by atoms with E-state index >= 15 is 0 Å². The molecule has 0 atom stereocenters. The number of nitrogens with zero attached hydrogens (tertiary/aromatic N) is 6. The smallest absolute Gasteiger partial charge is 0.296 e. The number of sulfone groups is 1. The molecule has 0 aliphatic carbocycles. The van der Waals surface area contributed by atoms with Crippen LogP contribution < -0.4 is 21.9 Å². The minimum atomic E-state index is -5.25. The van der Waals surface area contributed by atoms with Crippen molar-refractivity contribution in [1.29, 1.82) is 0 Å². The molecule has 6 rings (SSSR count). The number of sulfonamides is 1. The van der Waals surface area contributed by atoms with Crippen LogP contribution in [0.3, 0.4) is 0 Å². The normalized spacial score (nSPS) is 12.7. The van der Waals surface area contributed by atoms with Crippen molar-refractivity contribution in [2.24, 2.45) is 30.7 Å². The first kappa shape index (κ1) is 52.9. The third-order valence-corrected chi connectivity index (χ3v) is 14.8. The van der Waals surface area contributed by atoms with Crippen LogP contribution in [0.15, 0.2) is 152 Å². The quantitative estimate of drug-likeness (QED) is 0.00626. The standard InChI is InChI=1S/C36H32N10O18S6/c37-20-1-11-27(26(38)17-20)42-40-21-2-4-23(5-3-21)46-68(52,53)24-8-6-22(7-9-24)41-45-35-31(70(57,58)59)16-19-15-29(65-63-61-48)34(36(47)32(19)33(35)39)44-43-28-12-10-25(18-30(28)69(54,55)56)67(50,51)14-13-60-66-64-62-49/h1-12,15-18,46-49H,13-14,37-39H2,(H,54,55,56)(H,57,58,59)/b42-40+,44-43+,45-41+. The highest BCUT2D eigenvalue weighted by Gasteiger charge is 2.27. The van der Waals surface area contributed by atoms with E-state index in [4.69, 9.17) is 31.9 Å². The molecule has 0 saturated carbocycles. The molecule has 70 heavy (non-hydrogen) atoms. The van der Waals surface area contributed by atoms with Gasteiger partial charge in [-0.1, -0.05) is 10.1 Å². The molecule has 0 spiro atoms. The number of anilines is 4. The lowest BCUT2D eigenvalue weighted by Gasteiger charge is -2.14. The Hall–Kier alpha value is -6.48. The predicted octanol–water partition coefficient (Wildman–Crippen LogP) is 8.04. The molecule has 12 N–H and O–H groups in total. The van der Waals surface area contributed by atoms with Crippen LogP contribution in [0.5, 0.6) is 5.75 Å². The van der Waals surface area contributed by atoms with Crippen LogP contribution >= 0.6 is 24.4 Å². The van der Waals surface area contributed by atoms with Gasteiger partial charge in [-0.05, 0) is 102 Å². The third kappa shape index (κ3) is 13.0. The Balaban J connectivity index is 1.30.